The summed E-state index contributed by atoms with van der Waals surface area (Å²) in [4.78, 5) is 2.29. The minimum Gasteiger partial charge on any atom is -0.310 e. The molecule has 0 radical (unpaired) electrons. The smallest absolute Gasteiger partial charge is 0.0220 e. The third-order valence-electron chi connectivity index (χ3n) is 3.69. The van der Waals surface area contributed by atoms with Gasteiger partial charge >= 0.3 is 0 Å². The van der Waals surface area contributed by atoms with Gasteiger partial charge in [-0.3, -0.25) is 0 Å². The zero-order valence-corrected chi connectivity index (χ0v) is 13.1. The summed E-state index contributed by atoms with van der Waals surface area (Å²) in [6.07, 6.45) is 3.84. The van der Waals surface area contributed by atoms with Gasteiger partial charge in [-0.2, -0.15) is 0 Å². The highest BCUT2D eigenvalue weighted by atomic mass is 15.1. The average molecular weight is 242 g/mol. The van der Waals surface area contributed by atoms with E-state index in [4.69, 9.17) is 0 Å². The Kier molecular flexibility index (Phi) is 8.89. The largest absolute Gasteiger partial charge is 0.310 e. The quantitative estimate of drug-likeness (QED) is 0.667. The first-order valence-electron chi connectivity index (χ1n) is 7.31. The summed E-state index contributed by atoms with van der Waals surface area (Å²) in [5.41, 5.74) is 0. The molecule has 104 valence electrons. The molecule has 0 heterocycles. The van der Waals surface area contributed by atoms with Crippen molar-refractivity contribution in [1.29, 1.82) is 0 Å². The number of rotatable bonds is 9. The van der Waals surface area contributed by atoms with Gasteiger partial charge in [-0.25, -0.2) is 0 Å². The molecule has 17 heavy (non-hydrogen) atoms. The maximum Gasteiger partial charge on any atom is 0.0220 e. The molecule has 2 nitrogen and oxygen atoms in total. The predicted molar refractivity (Wildman–Crippen MR) is 78.5 cm³/mol. The van der Waals surface area contributed by atoms with Crippen LogP contribution in [0.15, 0.2) is 0 Å². The van der Waals surface area contributed by atoms with E-state index in [1.807, 2.05) is 0 Å². The van der Waals surface area contributed by atoms with E-state index in [1.54, 1.807) is 0 Å². The molecular formula is C15H34N2. The molecule has 0 saturated carbocycles. The lowest BCUT2D eigenvalue weighted by Gasteiger charge is -2.31. The Hall–Kier alpha value is -0.0800. The lowest BCUT2D eigenvalue weighted by molar-refractivity contribution is 0.250. The highest BCUT2D eigenvalue weighted by Crippen LogP contribution is 2.14. The van der Waals surface area contributed by atoms with Gasteiger partial charge in [-0.1, -0.05) is 41.0 Å². The second-order valence-electron chi connectivity index (χ2n) is 6.13. The Bertz CT molecular complexity index is 178. The molecule has 0 fully saturated rings. The first kappa shape index (κ1) is 16.9. The topological polar surface area (TPSA) is 15.3 Å². The van der Waals surface area contributed by atoms with Crippen molar-refractivity contribution < 1.29 is 0 Å². The van der Waals surface area contributed by atoms with Crippen LogP contribution >= 0.6 is 0 Å². The number of nitrogens with one attached hydrogen (secondary N) is 1. The Morgan fingerprint density at radius 1 is 1.00 bits per heavy atom. The lowest BCUT2D eigenvalue weighted by atomic mass is 9.95. The second kappa shape index (κ2) is 8.93. The third-order valence-corrected chi connectivity index (χ3v) is 3.69. The van der Waals surface area contributed by atoms with E-state index in [2.05, 4.69) is 58.9 Å². The molecule has 2 heteroatoms. The summed E-state index contributed by atoms with van der Waals surface area (Å²) in [5.74, 6) is 1.53. The summed E-state index contributed by atoms with van der Waals surface area (Å²) in [5, 5.41) is 3.86. The van der Waals surface area contributed by atoms with E-state index >= 15 is 0 Å². The molecule has 3 unspecified atom stereocenters. The first-order chi connectivity index (χ1) is 7.90. The van der Waals surface area contributed by atoms with Crippen LogP contribution in [0.1, 0.15) is 53.9 Å². The maximum absolute atomic E-state index is 3.86. The normalized spacial score (nSPS) is 17.5. The Morgan fingerprint density at radius 3 is 1.94 bits per heavy atom. The number of hydrogen-bond acceptors (Lipinski definition) is 2. The molecule has 0 aromatic rings. The zero-order valence-electron chi connectivity index (χ0n) is 13.1. The van der Waals surface area contributed by atoms with E-state index < -0.39 is 0 Å². The van der Waals surface area contributed by atoms with Gasteiger partial charge in [0, 0.05) is 18.6 Å². The maximum atomic E-state index is 3.86. The fourth-order valence-corrected chi connectivity index (χ4v) is 2.16. The van der Waals surface area contributed by atoms with Crippen molar-refractivity contribution in [3.05, 3.63) is 0 Å². The fourth-order valence-electron chi connectivity index (χ4n) is 2.16. The molecule has 0 aromatic heterocycles. The lowest BCUT2D eigenvalue weighted by Crippen LogP contribution is -2.47. The standard InChI is InChI=1S/C15H34N2/c1-8-13(5)10-14(9-2)16-15(12(3)4)11-17(6)7/h12-16H,8-11H2,1-7H3. The minimum atomic E-state index is 0.610. The summed E-state index contributed by atoms with van der Waals surface area (Å²) in [6, 6.07) is 1.29. The number of nitrogens with zero attached hydrogens (tertiary/aromatic N) is 1. The van der Waals surface area contributed by atoms with Crippen molar-refractivity contribution in [3.63, 3.8) is 0 Å². The monoisotopic (exact) mass is 242 g/mol. The van der Waals surface area contributed by atoms with Crippen molar-refractivity contribution in [2.45, 2.75) is 66.0 Å². The van der Waals surface area contributed by atoms with Crippen LogP contribution in [0, 0.1) is 11.8 Å². The Labute approximate surface area is 109 Å². The van der Waals surface area contributed by atoms with Crippen LogP contribution in [0.5, 0.6) is 0 Å². The third kappa shape index (κ3) is 7.77. The highest BCUT2D eigenvalue weighted by Gasteiger charge is 2.19. The minimum absolute atomic E-state index is 0.610. The molecule has 0 aromatic carbocycles. The summed E-state index contributed by atoms with van der Waals surface area (Å²) >= 11 is 0. The predicted octanol–water partition coefficient (Wildman–Crippen LogP) is 3.38. The van der Waals surface area contributed by atoms with E-state index in [0.717, 1.165) is 12.5 Å². The molecule has 0 amide bonds. The van der Waals surface area contributed by atoms with Gasteiger partial charge in [-0.05, 0) is 38.8 Å². The van der Waals surface area contributed by atoms with Crippen molar-refractivity contribution in [3.8, 4) is 0 Å². The van der Waals surface area contributed by atoms with Crippen LogP contribution in [0.2, 0.25) is 0 Å². The van der Waals surface area contributed by atoms with Gasteiger partial charge < -0.3 is 10.2 Å². The van der Waals surface area contributed by atoms with Gasteiger partial charge in [0.2, 0.25) is 0 Å². The molecule has 0 aliphatic carbocycles. The van der Waals surface area contributed by atoms with E-state index in [0.29, 0.717) is 18.0 Å². The van der Waals surface area contributed by atoms with Crippen molar-refractivity contribution in [2.24, 2.45) is 11.8 Å². The van der Waals surface area contributed by atoms with Crippen molar-refractivity contribution in [1.82, 2.24) is 10.2 Å². The highest BCUT2D eigenvalue weighted by molar-refractivity contribution is 4.79. The zero-order chi connectivity index (χ0) is 13.4. The molecule has 0 rings (SSSR count). The van der Waals surface area contributed by atoms with E-state index in [9.17, 15) is 0 Å². The number of likely N-dealkylation sites (N-methyl/N-ethyl adjacent to an activating group) is 1. The molecule has 0 saturated heterocycles. The van der Waals surface area contributed by atoms with Crippen LogP contribution in [0.4, 0.5) is 0 Å². The molecule has 0 aliphatic heterocycles. The SMILES string of the molecule is CCC(C)CC(CC)NC(CN(C)C)C(C)C. The van der Waals surface area contributed by atoms with Gasteiger partial charge in [0.05, 0.1) is 0 Å². The number of hydrogen-bond donors (Lipinski definition) is 1. The van der Waals surface area contributed by atoms with E-state index in [1.165, 1.54) is 19.3 Å². The van der Waals surface area contributed by atoms with E-state index in [-0.39, 0.29) is 0 Å². The molecule has 1 N–H and O–H groups in total. The summed E-state index contributed by atoms with van der Waals surface area (Å²) in [7, 11) is 4.32. The van der Waals surface area contributed by atoms with Crippen LogP contribution in [0.25, 0.3) is 0 Å². The van der Waals surface area contributed by atoms with Crippen molar-refractivity contribution in [2.75, 3.05) is 20.6 Å². The van der Waals surface area contributed by atoms with Gasteiger partial charge in [0.25, 0.3) is 0 Å². The van der Waals surface area contributed by atoms with Crippen molar-refractivity contribution >= 4 is 0 Å². The average Bonchev–Trinajstić information content (AvgIpc) is 2.25. The second-order valence-corrected chi connectivity index (χ2v) is 6.13. The van der Waals surface area contributed by atoms with Gasteiger partial charge in [0.1, 0.15) is 0 Å². The molecule has 0 aliphatic rings. The first-order valence-corrected chi connectivity index (χ1v) is 7.31. The van der Waals surface area contributed by atoms with Gasteiger partial charge in [-0.15, -0.1) is 0 Å². The fraction of sp³-hybridized carbons (Fsp3) is 1.00. The van der Waals surface area contributed by atoms with Gasteiger partial charge in [0.15, 0.2) is 0 Å². The summed E-state index contributed by atoms with van der Waals surface area (Å²) in [6.45, 7) is 12.7. The molecule has 0 spiro atoms. The summed E-state index contributed by atoms with van der Waals surface area (Å²) < 4.78 is 0. The van der Waals surface area contributed by atoms with Crippen LogP contribution in [-0.2, 0) is 0 Å². The van der Waals surface area contributed by atoms with Crippen LogP contribution in [-0.4, -0.2) is 37.6 Å². The molecular weight excluding hydrogens is 208 g/mol. The van der Waals surface area contributed by atoms with Crippen LogP contribution < -0.4 is 5.32 Å². The molecule has 0 bridgehead atoms. The van der Waals surface area contributed by atoms with Crippen LogP contribution in [0.3, 0.4) is 0 Å². The molecule has 3 atom stereocenters. The Balaban J connectivity index is 4.27. The Morgan fingerprint density at radius 2 is 1.59 bits per heavy atom.